The van der Waals surface area contributed by atoms with E-state index in [1.165, 1.54) is 21.8 Å². The lowest BCUT2D eigenvalue weighted by Gasteiger charge is -2.14. The number of carbonyl (C=O) groups is 2. The van der Waals surface area contributed by atoms with E-state index in [-0.39, 0.29) is 30.2 Å². The van der Waals surface area contributed by atoms with Crippen molar-refractivity contribution in [3.05, 3.63) is 60.8 Å². The Kier molecular flexibility index (Phi) is 16.7. The van der Waals surface area contributed by atoms with Crippen LogP contribution in [0, 0.1) is 5.92 Å². The molecule has 2 heterocycles. The highest BCUT2D eigenvalue weighted by molar-refractivity contribution is 9.11. The number of nitrogens with zero attached hydrogens (tertiary/aromatic N) is 1. The fourth-order valence-electron chi connectivity index (χ4n) is 4.66. The predicted molar refractivity (Wildman–Crippen MR) is 172 cm³/mol. The molecule has 44 heavy (non-hydrogen) atoms. The lowest BCUT2D eigenvalue weighted by Crippen LogP contribution is -2.33. The zero-order valence-electron chi connectivity index (χ0n) is 25.3. The summed E-state index contributed by atoms with van der Waals surface area (Å²) in [5.74, 6) is 1.11. The summed E-state index contributed by atoms with van der Waals surface area (Å²) < 4.78 is 17.3. The molecule has 1 fully saturated rings. The number of hydrogen-bond donors (Lipinski definition) is 3. The smallest absolute Gasteiger partial charge is 0.330 e. The summed E-state index contributed by atoms with van der Waals surface area (Å²) in [6.07, 6.45) is 6.09. The molecule has 0 aliphatic carbocycles. The van der Waals surface area contributed by atoms with Crippen LogP contribution in [0.5, 0.6) is 11.5 Å². The number of carbonyl (C=O) groups excluding carboxylic acids is 2. The molecule has 11 nitrogen and oxygen atoms in total. The number of ketones is 2. The van der Waals surface area contributed by atoms with Gasteiger partial charge in [-0.2, -0.15) is 0 Å². The Balaban J connectivity index is 0.000000317. The molecule has 1 saturated heterocycles. The molecule has 3 atom stereocenters. The molecule has 1 aliphatic heterocycles. The summed E-state index contributed by atoms with van der Waals surface area (Å²) in [5, 5.41) is 19.2. The number of ether oxygens (including phenoxy) is 3. The number of unbranched alkanes of at least 4 members (excludes halogenated alkanes) is 3. The van der Waals surface area contributed by atoms with Crippen molar-refractivity contribution in [1.29, 1.82) is 0 Å². The topological polar surface area (TPSA) is 157 Å². The SMILES string of the molecule is CCC(=O)C(CCCCCCOc1ccc(OC)cc1Cl)C(=O)CC.O=c1[nH]c(=O)n([C@H]2C[C@H](O)[C@@H](CO)O2)cc1/C=C/Br. The highest BCUT2D eigenvalue weighted by atomic mass is 79.9. The van der Waals surface area contributed by atoms with Crippen molar-refractivity contribution in [2.24, 2.45) is 5.92 Å². The lowest BCUT2D eigenvalue weighted by atomic mass is 9.90. The Morgan fingerprint density at radius 3 is 2.43 bits per heavy atom. The minimum Gasteiger partial charge on any atom is -0.497 e. The van der Waals surface area contributed by atoms with E-state index in [9.17, 15) is 24.3 Å². The molecule has 0 unspecified atom stereocenters. The summed E-state index contributed by atoms with van der Waals surface area (Å²) in [6, 6.07) is 5.35. The number of hydrogen-bond acceptors (Lipinski definition) is 9. The number of aromatic amines is 1. The van der Waals surface area contributed by atoms with Gasteiger partial charge in [0.25, 0.3) is 5.56 Å². The van der Waals surface area contributed by atoms with E-state index >= 15 is 0 Å². The second-order valence-corrected chi connectivity index (χ2v) is 11.1. The first-order chi connectivity index (χ1) is 21.1. The van der Waals surface area contributed by atoms with Gasteiger partial charge in [0.2, 0.25) is 0 Å². The summed E-state index contributed by atoms with van der Waals surface area (Å²) in [5.41, 5.74) is -0.844. The zero-order valence-corrected chi connectivity index (χ0v) is 27.6. The van der Waals surface area contributed by atoms with E-state index in [0.717, 1.165) is 25.7 Å². The number of H-pyrrole nitrogens is 1. The second kappa shape index (κ2) is 19.6. The van der Waals surface area contributed by atoms with Gasteiger partial charge in [-0.1, -0.05) is 60.6 Å². The summed E-state index contributed by atoms with van der Waals surface area (Å²) in [4.78, 5) is 50.6. The molecule has 3 rings (SSSR count). The first-order valence-corrected chi connectivity index (χ1v) is 16.0. The number of rotatable bonds is 16. The van der Waals surface area contributed by atoms with Gasteiger partial charge in [0, 0.05) is 31.5 Å². The second-order valence-electron chi connectivity index (χ2n) is 10.2. The van der Waals surface area contributed by atoms with Gasteiger partial charge >= 0.3 is 5.69 Å². The number of halogens is 2. The van der Waals surface area contributed by atoms with Crippen molar-refractivity contribution in [2.45, 2.75) is 83.6 Å². The quantitative estimate of drug-likeness (QED) is 0.165. The summed E-state index contributed by atoms with van der Waals surface area (Å²) in [6.45, 7) is 3.90. The normalized spacial score (nSPS) is 17.9. The maximum Gasteiger partial charge on any atom is 0.330 e. The van der Waals surface area contributed by atoms with Gasteiger partial charge in [0.05, 0.1) is 42.9 Å². The number of aromatic nitrogens is 2. The van der Waals surface area contributed by atoms with Crippen LogP contribution in [0.2, 0.25) is 5.02 Å². The standard InChI is InChI=1S/C20H29ClO4.C11H13BrN2O5/c1-4-18(22)16(19(23)5-2)10-8-6-7-9-13-25-20-12-11-15(24-3)14-17(20)21;12-2-1-6-4-14(11(18)13-10(6)17)9-3-7(16)8(5-15)19-9/h11-12,14,16H,4-10,13H2,1-3H3;1-2,4,7-9,15-16H,3,5H2,(H,13,17,18)/b;2-1+/t;7-,8+,9+/m.0/s1. The molecule has 13 heteroatoms. The largest absolute Gasteiger partial charge is 0.497 e. The third kappa shape index (κ3) is 11.3. The van der Waals surface area contributed by atoms with Crippen molar-refractivity contribution in [2.75, 3.05) is 20.3 Å². The lowest BCUT2D eigenvalue weighted by molar-refractivity contribution is -0.132. The number of methoxy groups -OCH3 is 1. The van der Waals surface area contributed by atoms with Crippen LogP contribution in [0.15, 0.2) is 39.0 Å². The first kappa shape index (κ1) is 37.4. The molecule has 1 aromatic heterocycles. The molecule has 0 radical (unpaired) electrons. The molecular formula is C31H42BrClN2O9. The van der Waals surface area contributed by atoms with Crippen LogP contribution >= 0.6 is 27.5 Å². The van der Waals surface area contributed by atoms with Gasteiger partial charge in [-0.05, 0) is 36.0 Å². The molecule has 1 aliphatic rings. The molecule has 244 valence electrons. The minimum atomic E-state index is -0.844. The van der Waals surface area contributed by atoms with Gasteiger partial charge in [-0.25, -0.2) is 4.79 Å². The number of benzene rings is 1. The maximum absolute atomic E-state index is 11.9. The van der Waals surface area contributed by atoms with E-state index in [4.69, 9.17) is 30.9 Å². The molecule has 0 amide bonds. The van der Waals surface area contributed by atoms with E-state index in [1.807, 2.05) is 19.9 Å². The van der Waals surface area contributed by atoms with Crippen LogP contribution in [-0.2, 0) is 14.3 Å². The predicted octanol–water partition coefficient (Wildman–Crippen LogP) is 4.80. The molecule has 2 aromatic rings. The molecule has 0 bridgehead atoms. The molecular weight excluding hydrogens is 660 g/mol. The number of aliphatic hydroxyl groups is 2. The van der Waals surface area contributed by atoms with Crippen LogP contribution in [-0.4, -0.2) is 63.9 Å². The Labute approximate surface area is 270 Å². The van der Waals surface area contributed by atoms with Gasteiger partial charge in [-0.15, -0.1) is 0 Å². The maximum atomic E-state index is 11.9. The monoisotopic (exact) mass is 700 g/mol. The van der Waals surface area contributed by atoms with Crippen LogP contribution in [0.1, 0.15) is 77.0 Å². The van der Waals surface area contributed by atoms with E-state index in [1.54, 1.807) is 19.2 Å². The zero-order chi connectivity index (χ0) is 32.6. The van der Waals surface area contributed by atoms with Crippen LogP contribution < -0.4 is 20.7 Å². The Bertz CT molecular complexity index is 1340. The number of nitrogens with one attached hydrogen (secondary N) is 1. The average Bonchev–Trinajstić information content (AvgIpc) is 3.40. The number of aliphatic hydroxyl groups excluding tert-OH is 2. The molecule has 0 spiro atoms. The van der Waals surface area contributed by atoms with Crippen LogP contribution in [0.25, 0.3) is 6.08 Å². The van der Waals surface area contributed by atoms with Crippen molar-refractivity contribution >= 4 is 45.2 Å². The summed E-state index contributed by atoms with van der Waals surface area (Å²) in [7, 11) is 1.60. The van der Waals surface area contributed by atoms with E-state index in [2.05, 4.69) is 20.9 Å². The highest BCUT2D eigenvalue weighted by Gasteiger charge is 2.35. The average molecular weight is 702 g/mol. The van der Waals surface area contributed by atoms with Crippen molar-refractivity contribution in [3.63, 3.8) is 0 Å². The van der Waals surface area contributed by atoms with Crippen molar-refractivity contribution < 1.29 is 34.0 Å². The van der Waals surface area contributed by atoms with E-state index in [0.29, 0.717) is 42.4 Å². The third-order valence-electron chi connectivity index (χ3n) is 7.19. The van der Waals surface area contributed by atoms with Gasteiger partial charge in [0.1, 0.15) is 35.4 Å². The Morgan fingerprint density at radius 1 is 1.18 bits per heavy atom. The van der Waals surface area contributed by atoms with Gasteiger partial charge in [0.15, 0.2) is 0 Å². The highest BCUT2D eigenvalue weighted by Crippen LogP contribution is 2.29. The van der Waals surface area contributed by atoms with Crippen LogP contribution in [0.4, 0.5) is 0 Å². The van der Waals surface area contributed by atoms with Crippen molar-refractivity contribution in [1.82, 2.24) is 9.55 Å². The first-order valence-electron chi connectivity index (χ1n) is 14.7. The molecule has 3 N–H and O–H groups in total. The van der Waals surface area contributed by atoms with Gasteiger partial charge < -0.3 is 24.4 Å². The Hall–Kier alpha value is -2.77. The van der Waals surface area contributed by atoms with Gasteiger partial charge in [-0.3, -0.25) is 23.9 Å². The van der Waals surface area contributed by atoms with Crippen molar-refractivity contribution in [3.8, 4) is 11.5 Å². The fourth-order valence-corrected chi connectivity index (χ4v) is 5.17. The molecule has 0 saturated carbocycles. The number of Topliss-reactive ketones (excluding diaryl/α,β-unsaturated/α-hetero) is 2. The fraction of sp³-hybridized carbons (Fsp3) is 0.548. The summed E-state index contributed by atoms with van der Waals surface area (Å²) >= 11 is 9.18. The Morgan fingerprint density at radius 2 is 1.86 bits per heavy atom. The van der Waals surface area contributed by atoms with Crippen LogP contribution in [0.3, 0.4) is 0 Å². The third-order valence-corrected chi connectivity index (χ3v) is 7.75. The molecule has 1 aromatic carbocycles. The minimum absolute atomic E-state index is 0.0735. The van der Waals surface area contributed by atoms with E-state index < -0.39 is 35.6 Å².